The van der Waals surface area contributed by atoms with Crippen molar-refractivity contribution in [2.45, 2.75) is 30.1 Å². The van der Waals surface area contributed by atoms with Crippen molar-refractivity contribution in [1.29, 1.82) is 0 Å². The summed E-state index contributed by atoms with van der Waals surface area (Å²) >= 11 is 3.59. The van der Waals surface area contributed by atoms with Gasteiger partial charge in [-0.1, -0.05) is 0 Å². The number of hydrogen-bond acceptors (Lipinski definition) is 5. The molecule has 3 aliphatic heterocycles. The number of ether oxygens (including phenoxy) is 2. The molecule has 0 bridgehead atoms. The molecule has 0 aromatic carbocycles. The summed E-state index contributed by atoms with van der Waals surface area (Å²) in [4.78, 5) is 14.3. The number of rotatable bonds is 4. The van der Waals surface area contributed by atoms with Crippen LogP contribution in [0.3, 0.4) is 0 Å². The lowest BCUT2D eigenvalue weighted by Crippen LogP contribution is -2.60. The van der Waals surface area contributed by atoms with Crippen LogP contribution in [0.15, 0.2) is 16.8 Å². The van der Waals surface area contributed by atoms with Gasteiger partial charge >= 0.3 is 0 Å². The van der Waals surface area contributed by atoms with Gasteiger partial charge in [-0.25, -0.2) is 0 Å². The first-order chi connectivity index (χ1) is 11.2. The molecule has 3 aliphatic rings. The minimum Gasteiger partial charge on any atom is -0.381 e. The smallest absolute Gasteiger partial charge is 0.254 e. The van der Waals surface area contributed by atoms with E-state index in [2.05, 4.69) is 0 Å². The van der Waals surface area contributed by atoms with E-state index >= 15 is 0 Å². The molecular formula is C17H23NO3S2. The number of likely N-dealkylation sites (tertiary alicyclic amines) is 1. The largest absolute Gasteiger partial charge is 0.381 e. The van der Waals surface area contributed by atoms with E-state index in [0.717, 1.165) is 63.5 Å². The molecule has 3 saturated heterocycles. The number of carbonyl (C=O) groups is 1. The summed E-state index contributed by atoms with van der Waals surface area (Å²) in [5.41, 5.74) is 0.833. The maximum absolute atomic E-state index is 12.3. The lowest BCUT2D eigenvalue weighted by molar-refractivity contribution is -0.0118. The van der Waals surface area contributed by atoms with Crippen LogP contribution in [-0.4, -0.2) is 60.3 Å². The highest BCUT2D eigenvalue weighted by Gasteiger charge is 2.51. The van der Waals surface area contributed by atoms with Crippen molar-refractivity contribution in [2.24, 2.45) is 5.92 Å². The Hall–Kier alpha value is -0.560. The van der Waals surface area contributed by atoms with Crippen molar-refractivity contribution in [3.8, 4) is 0 Å². The first-order valence-electron chi connectivity index (χ1n) is 8.39. The van der Waals surface area contributed by atoms with Crippen LogP contribution in [0.25, 0.3) is 0 Å². The molecular weight excluding hydrogens is 330 g/mol. The maximum atomic E-state index is 12.3. The quantitative estimate of drug-likeness (QED) is 0.834. The number of amides is 1. The van der Waals surface area contributed by atoms with Crippen molar-refractivity contribution in [1.82, 2.24) is 4.90 Å². The average molecular weight is 354 g/mol. The molecule has 4 rings (SSSR count). The molecule has 0 N–H and O–H groups in total. The molecule has 1 aromatic rings. The summed E-state index contributed by atoms with van der Waals surface area (Å²) in [5, 5.41) is 3.90. The normalized spacial score (nSPS) is 27.3. The molecule has 3 fully saturated rings. The Morgan fingerprint density at radius 1 is 1.39 bits per heavy atom. The first kappa shape index (κ1) is 15.9. The predicted molar refractivity (Wildman–Crippen MR) is 93.3 cm³/mol. The van der Waals surface area contributed by atoms with Gasteiger partial charge in [-0.2, -0.15) is 11.3 Å². The summed E-state index contributed by atoms with van der Waals surface area (Å²) in [6.07, 6.45) is 3.72. The average Bonchev–Trinajstić information content (AvgIpc) is 3.22. The van der Waals surface area contributed by atoms with Crippen LogP contribution in [-0.2, 0) is 9.47 Å². The van der Waals surface area contributed by atoms with E-state index in [1.807, 2.05) is 33.5 Å². The topological polar surface area (TPSA) is 38.8 Å². The van der Waals surface area contributed by atoms with E-state index in [1.54, 1.807) is 11.3 Å². The van der Waals surface area contributed by atoms with Crippen molar-refractivity contribution in [2.75, 3.05) is 38.7 Å². The van der Waals surface area contributed by atoms with Crippen LogP contribution in [0.5, 0.6) is 0 Å². The van der Waals surface area contributed by atoms with Gasteiger partial charge in [0.25, 0.3) is 5.91 Å². The highest BCUT2D eigenvalue weighted by molar-refractivity contribution is 8.01. The van der Waals surface area contributed by atoms with Crippen LogP contribution >= 0.6 is 23.1 Å². The molecule has 0 unspecified atom stereocenters. The lowest BCUT2D eigenvalue weighted by atomic mass is 9.92. The lowest BCUT2D eigenvalue weighted by Gasteiger charge is -2.47. The van der Waals surface area contributed by atoms with Crippen LogP contribution in [0.1, 0.15) is 29.6 Å². The molecule has 0 aliphatic carbocycles. The van der Waals surface area contributed by atoms with Crippen LogP contribution < -0.4 is 0 Å². The van der Waals surface area contributed by atoms with Crippen molar-refractivity contribution < 1.29 is 14.3 Å². The van der Waals surface area contributed by atoms with Gasteiger partial charge in [0.05, 0.1) is 16.4 Å². The number of hydrogen-bond donors (Lipinski definition) is 0. The van der Waals surface area contributed by atoms with Crippen LogP contribution in [0.4, 0.5) is 0 Å². The molecule has 126 valence electrons. The molecule has 23 heavy (non-hydrogen) atoms. The summed E-state index contributed by atoms with van der Waals surface area (Å²) in [7, 11) is 0. The third-order valence-electron chi connectivity index (χ3n) is 5.10. The Labute approximate surface area is 145 Å². The molecule has 4 heterocycles. The van der Waals surface area contributed by atoms with Gasteiger partial charge in [0, 0.05) is 44.0 Å². The molecule has 1 spiro atoms. The third kappa shape index (κ3) is 3.45. The van der Waals surface area contributed by atoms with E-state index in [9.17, 15) is 4.79 Å². The van der Waals surface area contributed by atoms with E-state index in [4.69, 9.17) is 9.47 Å². The SMILES string of the molecule is O=C(c1ccsc1)N1CC2(C[C@@H](OCC3CCOCC3)CS2)C1. The monoisotopic (exact) mass is 353 g/mol. The zero-order valence-electron chi connectivity index (χ0n) is 13.2. The molecule has 1 atom stereocenters. The highest BCUT2D eigenvalue weighted by atomic mass is 32.2. The summed E-state index contributed by atoms with van der Waals surface area (Å²) in [5.74, 6) is 1.93. The second-order valence-corrected chi connectivity index (χ2v) is 9.15. The number of thioether (sulfide) groups is 1. The molecule has 0 saturated carbocycles. The van der Waals surface area contributed by atoms with E-state index in [1.165, 1.54) is 0 Å². The fourth-order valence-electron chi connectivity index (χ4n) is 3.68. The predicted octanol–water partition coefficient (Wildman–Crippen LogP) is 2.89. The van der Waals surface area contributed by atoms with Crippen molar-refractivity contribution in [3.05, 3.63) is 22.4 Å². The van der Waals surface area contributed by atoms with E-state index in [0.29, 0.717) is 12.0 Å². The zero-order chi connectivity index (χ0) is 15.7. The second kappa shape index (κ2) is 6.75. The molecule has 1 aromatic heterocycles. The summed E-state index contributed by atoms with van der Waals surface area (Å²) in [6, 6.07) is 1.92. The number of nitrogens with zero attached hydrogens (tertiary/aromatic N) is 1. The number of thiophene rings is 1. The minimum atomic E-state index is 0.184. The zero-order valence-corrected chi connectivity index (χ0v) is 14.9. The van der Waals surface area contributed by atoms with Crippen molar-refractivity contribution >= 4 is 29.0 Å². The van der Waals surface area contributed by atoms with Gasteiger partial charge in [0.1, 0.15) is 0 Å². The van der Waals surface area contributed by atoms with Gasteiger partial charge in [-0.3, -0.25) is 4.79 Å². The van der Waals surface area contributed by atoms with Crippen LogP contribution in [0, 0.1) is 5.92 Å². The molecule has 4 nitrogen and oxygen atoms in total. The van der Waals surface area contributed by atoms with Gasteiger partial charge in [0.2, 0.25) is 0 Å². The Balaban J connectivity index is 1.23. The standard InChI is InChI=1S/C17H23NO3S2/c19-16(14-3-6-22-9-14)18-11-17(12-18)7-15(10-23-17)21-8-13-1-4-20-5-2-13/h3,6,9,13,15H,1-2,4-5,7-8,10-12H2/t15-/m1/s1. The fraction of sp³-hybridized carbons (Fsp3) is 0.706. The molecule has 1 amide bonds. The minimum absolute atomic E-state index is 0.184. The second-order valence-electron chi connectivity index (χ2n) is 6.88. The van der Waals surface area contributed by atoms with Gasteiger partial charge in [0.15, 0.2) is 0 Å². The summed E-state index contributed by atoms with van der Waals surface area (Å²) < 4.78 is 11.8. The third-order valence-corrected chi connectivity index (χ3v) is 7.36. The Kier molecular flexibility index (Phi) is 4.67. The van der Waals surface area contributed by atoms with Gasteiger partial charge < -0.3 is 14.4 Å². The first-order valence-corrected chi connectivity index (χ1v) is 10.3. The Morgan fingerprint density at radius 2 is 2.22 bits per heavy atom. The Bertz CT molecular complexity index is 536. The van der Waals surface area contributed by atoms with Gasteiger partial charge in [-0.05, 0) is 36.6 Å². The van der Waals surface area contributed by atoms with Gasteiger partial charge in [-0.15, -0.1) is 11.8 Å². The van der Waals surface area contributed by atoms with E-state index < -0.39 is 0 Å². The maximum Gasteiger partial charge on any atom is 0.254 e. The highest BCUT2D eigenvalue weighted by Crippen LogP contribution is 2.46. The summed E-state index contributed by atoms with van der Waals surface area (Å²) in [6.45, 7) is 4.41. The fourth-order valence-corrected chi connectivity index (χ4v) is 5.86. The molecule has 0 radical (unpaired) electrons. The van der Waals surface area contributed by atoms with Crippen LogP contribution in [0.2, 0.25) is 0 Å². The number of carbonyl (C=O) groups excluding carboxylic acids is 1. The molecule has 6 heteroatoms. The Morgan fingerprint density at radius 3 is 2.96 bits per heavy atom. The van der Waals surface area contributed by atoms with Crippen molar-refractivity contribution in [3.63, 3.8) is 0 Å². The van der Waals surface area contributed by atoms with E-state index in [-0.39, 0.29) is 10.7 Å².